The van der Waals surface area contributed by atoms with Crippen molar-refractivity contribution in [1.29, 1.82) is 0 Å². The normalized spacial score (nSPS) is 25.2. The molecular formula is C18H21N. The first kappa shape index (κ1) is 12.4. The van der Waals surface area contributed by atoms with Crippen molar-refractivity contribution >= 4 is 0 Å². The van der Waals surface area contributed by atoms with Gasteiger partial charge in [0.05, 0.1) is 12.1 Å². The molecule has 0 saturated carbocycles. The van der Waals surface area contributed by atoms with Gasteiger partial charge in [-0.3, -0.25) is 4.90 Å². The number of hydrogen-bond acceptors (Lipinski definition) is 1. The molecule has 1 nitrogen and oxygen atoms in total. The van der Waals surface area contributed by atoms with E-state index in [0.717, 1.165) is 0 Å². The molecule has 0 spiro atoms. The van der Waals surface area contributed by atoms with Crippen LogP contribution in [0.2, 0.25) is 0 Å². The summed E-state index contributed by atoms with van der Waals surface area (Å²) in [7, 11) is 0. The molecule has 0 N–H and O–H groups in total. The largest absolute Gasteiger partial charge is 0.285 e. The second-order valence-electron chi connectivity index (χ2n) is 5.30. The van der Waals surface area contributed by atoms with Gasteiger partial charge in [0.25, 0.3) is 0 Å². The maximum Gasteiger partial charge on any atom is 0.0552 e. The van der Waals surface area contributed by atoms with Gasteiger partial charge >= 0.3 is 0 Å². The molecule has 0 amide bonds. The molecule has 3 rings (SSSR count). The molecule has 1 fully saturated rings. The van der Waals surface area contributed by atoms with E-state index in [9.17, 15) is 0 Å². The van der Waals surface area contributed by atoms with Crippen LogP contribution in [0.25, 0.3) is 0 Å². The van der Waals surface area contributed by atoms with Crippen LogP contribution >= 0.6 is 0 Å². The molecule has 0 bridgehead atoms. The van der Waals surface area contributed by atoms with Gasteiger partial charge in [-0.05, 0) is 24.1 Å². The summed E-state index contributed by atoms with van der Waals surface area (Å²) in [4.78, 5) is 2.62. The van der Waals surface area contributed by atoms with Crippen LogP contribution in [0.3, 0.4) is 0 Å². The summed E-state index contributed by atoms with van der Waals surface area (Å²) in [5.74, 6) is 0. The molecule has 1 heterocycles. The SMILES string of the molecule is CCCCN1[C@H](c2ccccc2)[C@H]1c1ccccc1. The lowest BCUT2D eigenvalue weighted by molar-refractivity contribution is 0.467. The van der Waals surface area contributed by atoms with E-state index < -0.39 is 0 Å². The van der Waals surface area contributed by atoms with E-state index in [-0.39, 0.29) is 0 Å². The van der Waals surface area contributed by atoms with Gasteiger partial charge in [0, 0.05) is 0 Å². The third kappa shape index (κ3) is 2.57. The monoisotopic (exact) mass is 251 g/mol. The minimum Gasteiger partial charge on any atom is -0.285 e. The minimum atomic E-state index is 0.579. The second kappa shape index (κ2) is 5.58. The molecule has 0 aliphatic carbocycles. The number of hydrogen-bond donors (Lipinski definition) is 0. The van der Waals surface area contributed by atoms with Crippen molar-refractivity contribution < 1.29 is 0 Å². The Bertz CT molecular complexity index is 460. The Morgan fingerprint density at radius 2 is 1.26 bits per heavy atom. The van der Waals surface area contributed by atoms with Gasteiger partial charge in [0.1, 0.15) is 0 Å². The van der Waals surface area contributed by atoms with Gasteiger partial charge in [-0.25, -0.2) is 0 Å². The third-order valence-electron chi connectivity index (χ3n) is 3.98. The van der Waals surface area contributed by atoms with Crippen LogP contribution in [0.15, 0.2) is 60.7 Å². The summed E-state index contributed by atoms with van der Waals surface area (Å²) in [6, 6.07) is 23.0. The third-order valence-corrected chi connectivity index (χ3v) is 3.98. The maximum absolute atomic E-state index is 2.62. The lowest BCUT2D eigenvalue weighted by Crippen LogP contribution is -2.01. The fourth-order valence-electron chi connectivity index (χ4n) is 2.94. The van der Waals surface area contributed by atoms with Gasteiger partial charge in [-0.1, -0.05) is 74.0 Å². The van der Waals surface area contributed by atoms with Gasteiger partial charge in [-0.15, -0.1) is 0 Å². The van der Waals surface area contributed by atoms with Crippen LogP contribution in [-0.2, 0) is 0 Å². The Labute approximate surface area is 115 Å². The van der Waals surface area contributed by atoms with E-state index in [1.165, 1.54) is 30.5 Å². The molecule has 1 saturated heterocycles. The topological polar surface area (TPSA) is 3.01 Å². The summed E-state index contributed by atoms with van der Waals surface area (Å²) >= 11 is 0. The zero-order valence-corrected chi connectivity index (χ0v) is 11.5. The van der Waals surface area contributed by atoms with E-state index in [4.69, 9.17) is 0 Å². The Morgan fingerprint density at radius 3 is 1.68 bits per heavy atom. The first-order valence-corrected chi connectivity index (χ1v) is 7.27. The van der Waals surface area contributed by atoms with Crippen molar-refractivity contribution in [3.8, 4) is 0 Å². The predicted octanol–water partition coefficient (Wildman–Crippen LogP) is 4.58. The van der Waals surface area contributed by atoms with Gasteiger partial charge in [-0.2, -0.15) is 0 Å². The van der Waals surface area contributed by atoms with Crippen LogP contribution in [0.1, 0.15) is 43.0 Å². The van der Waals surface area contributed by atoms with Crippen molar-refractivity contribution in [2.24, 2.45) is 0 Å². The molecule has 2 atom stereocenters. The average Bonchev–Trinajstić information content (AvgIpc) is 3.21. The van der Waals surface area contributed by atoms with Crippen LogP contribution in [0.4, 0.5) is 0 Å². The molecule has 0 radical (unpaired) electrons. The average molecular weight is 251 g/mol. The zero-order chi connectivity index (χ0) is 13.1. The Kier molecular flexibility index (Phi) is 3.65. The molecule has 0 unspecified atom stereocenters. The summed E-state index contributed by atoms with van der Waals surface area (Å²) in [5, 5.41) is 0. The van der Waals surface area contributed by atoms with Gasteiger partial charge < -0.3 is 0 Å². The molecule has 1 heteroatoms. The molecule has 0 aromatic heterocycles. The highest BCUT2D eigenvalue weighted by molar-refractivity contribution is 5.34. The molecule has 2 aromatic carbocycles. The van der Waals surface area contributed by atoms with Crippen LogP contribution in [0.5, 0.6) is 0 Å². The molecule has 19 heavy (non-hydrogen) atoms. The molecule has 1 aliphatic rings. The molecule has 98 valence electrons. The van der Waals surface area contributed by atoms with Crippen LogP contribution in [-0.4, -0.2) is 11.4 Å². The lowest BCUT2D eigenvalue weighted by Gasteiger charge is -2.02. The lowest BCUT2D eigenvalue weighted by atomic mass is 10.0. The Morgan fingerprint density at radius 1 is 0.789 bits per heavy atom. The van der Waals surface area contributed by atoms with E-state index >= 15 is 0 Å². The summed E-state index contributed by atoms with van der Waals surface area (Å²) in [6.45, 7) is 3.47. The van der Waals surface area contributed by atoms with Crippen molar-refractivity contribution in [3.63, 3.8) is 0 Å². The van der Waals surface area contributed by atoms with E-state index in [2.05, 4.69) is 72.5 Å². The fourth-order valence-corrected chi connectivity index (χ4v) is 2.94. The maximum atomic E-state index is 2.62. The highest BCUT2D eigenvalue weighted by Gasteiger charge is 2.48. The predicted molar refractivity (Wildman–Crippen MR) is 80.0 cm³/mol. The molecule has 2 aromatic rings. The number of nitrogens with zero attached hydrogens (tertiary/aromatic N) is 1. The fraction of sp³-hybridized carbons (Fsp3) is 0.333. The minimum absolute atomic E-state index is 0.579. The van der Waals surface area contributed by atoms with Gasteiger partial charge in [0.2, 0.25) is 0 Å². The van der Waals surface area contributed by atoms with E-state index in [0.29, 0.717) is 12.1 Å². The van der Waals surface area contributed by atoms with Crippen molar-refractivity contribution in [3.05, 3.63) is 71.8 Å². The molecule has 1 aliphatic heterocycles. The second-order valence-corrected chi connectivity index (χ2v) is 5.30. The van der Waals surface area contributed by atoms with Crippen LogP contribution in [0, 0.1) is 0 Å². The quantitative estimate of drug-likeness (QED) is 0.703. The highest BCUT2D eigenvalue weighted by atomic mass is 15.3. The zero-order valence-electron chi connectivity index (χ0n) is 11.5. The Balaban J connectivity index is 1.82. The van der Waals surface area contributed by atoms with Gasteiger partial charge in [0.15, 0.2) is 0 Å². The standard InChI is InChI=1S/C18H21N/c1-2-3-14-19-17(15-10-6-4-7-11-15)18(19)16-12-8-5-9-13-16/h4-13,17-18H,2-3,14H2,1H3/t17-,18-/m1/s1. The summed E-state index contributed by atoms with van der Waals surface area (Å²) < 4.78 is 0. The van der Waals surface area contributed by atoms with Crippen molar-refractivity contribution in [2.75, 3.05) is 6.54 Å². The first-order valence-electron chi connectivity index (χ1n) is 7.27. The van der Waals surface area contributed by atoms with E-state index in [1.807, 2.05) is 0 Å². The Hall–Kier alpha value is -1.60. The van der Waals surface area contributed by atoms with Crippen molar-refractivity contribution in [2.45, 2.75) is 31.8 Å². The smallest absolute Gasteiger partial charge is 0.0552 e. The number of rotatable bonds is 5. The first-order chi connectivity index (χ1) is 9.42. The van der Waals surface area contributed by atoms with E-state index in [1.54, 1.807) is 0 Å². The summed E-state index contributed by atoms with van der Waals surface area (Å²) in [6.07, 6.45) is 2.55. The number of benzene rings is 2. The number of unbranched alkanes of at least 4 members (excludes halogenated alkanes) is 1. The summed E-state index contributed by atoms with van der Waals surface area (Å²) in [5.41, 5.74) is 2.90. The van der Waals surface area contributed by atoms with Crippen LogP contribution < -0.4 is 0 Å². The van der Waals surface area contributed by atoms with Crippen molar-refractivity contribution in [1.82, 2.24) is 4.90 Å². The highest BCUT2D eigenvalue weighted by Crippen LogP contribution is 2.54. The molecular weight excluding hydrogens is 230 g/mol.